The van der Waals surface area contributed by atoms with Gasteiger partial charge < -0.3 is 14.4 Å². The molecule has 1 saturated heterocycles. The monoisotopic (exact) mass is 308 g/mol. The Labute approximate surface area is 123 Å². The highest BCUT2D eigenvalue weighted by molar-refractivity contribution is 7.99. The van der Waals surface area contributed by atoms with Gasteiger partial charge in [0.1, 0.15) is 12.6 Å². The summed E-state index contributed by atoms with van der Waals surface area (Å²) < 4.78 is 6.27. The summed E-state index contributed by atoms with van der Waals surface area (Å²) in [6.07, 6.45) is 0. The fourth-order valence-electron chi connectivity index (χ4n) is 2.28. The Hall–Kier alpha value is -2.22. The minimum Gasteiger partial charge on any atom is -0.480 e. The van der Waals surface area contributed by atoms with E-state index >= 15 is 0 Å². The van der Waals surface area contributed by atoms with Gasteiger partial charge in [-0.25, -0.2) is 9.59 Å². The van der Waals surface area contributed by atoms with E-state index in [0.717, 1.165) is 0 Å². The van der Waals surface area contributed by atoms with Crippen LogP contribution in [0.25, 0.3) is 11.1 Å². The summed E-state index contributed by atoms with van der Waals surface area (Å²) in [4.78, 5) is 36.5. The number of carbonyl (C=O) groups excluding carboxylic acids is 1. The van der Waals surface area contributed by atoms with Gasteiger partial charge in [0.05, 0.1) is 11.4 Å². The maximum Gasteiger partial charge on any atom is 0.420 e. The fraction of sp³-hybridized carbons (Fsp3) is 0.308. The van der Waals surface area contributed by atoms with Crippen molar-refractivity contribution >= 4 is 34.7 Å². The second-order valence-electron chi connectivity index (χ2n) is 4.64. The van der Waals surface area contributed by atoms with Gasteiger partial charge in [-0.2, -0.15) is 0 Å². The number of fused-ring (bicyclic) bond motifs is 1. The first kappa shape index (κ1) is 13.7. The quantitative estimate of drug-likeness (QED) is 0.891. The lowest BCUT2D eigenvalue weighted by Crippen LogP contribution is -2.43. The highest BCUT2D eigenvalue weighted by Gasteiger charge is 2.34. The molecular weight excluding hydrogens is 296 g/mol. The smallest absolute Gasteiger partial charge is 0.420 e. The Morgan fingerprint density at radius 1 is 1.38 bits per heavy atom. The molecule has 1 atom stereocenters. The Morgan fingerprint density at radius 3 is 2.90 bits per heavy atom. The average Bonchev–Trinajstić information content (AvgIpc) is 3.04. The Bertz CT molecular complexity index is 765. The van der Waals surface area contributed by atoms with E-state index in [0.29, 0.717) is 22.7 Å². The number of oxazole rings is 1. The summed E-state index contributed by atoms with van der Waals surface area (Å²) >= 11 is 1.38. The molecule has 1 aromatic carbocycles. The molecule has 110 valence electrons. The zero-order valence-corrected chi connectivity index (χ0v) is 11.7. The van der Waals surface area contributed by atoms with E-state index < -0.39 is 23.7 Å². The number of amides is 1. The minimum absolute atomic E-state index is 0.222. The van der Waals surface area contributed by atoms with Crippen LogP contribution in [0, 0.1) is 0 Å². The minimum atomic E-state index is -1.03. The summed E-state index contributed by atoms with van der Waals surface area (Å²) in [5, 5.41) is 9.09. The van der Waals surface area contributed by atoms with E-state index in [1.54, 1.807) is 24.3 Å². The van der Waals surface area contributed by atoms with Crippen molar-refractivity contribution in [3.05, 3.63) is 34.8 Å². The van der Waals surface area contributed by atoms with Gasteiger partial charge in [-0.15, -0.1) is 11.8 Å². The van der Waals surface area contributed by atoms with Crippen LogP contribution in [-0.4, -0.2) is 44.1 Å². The van der Waals surface area contributed by atoms with Gasteiger partial charge >= 0.3 is 11.7 Å². The molecule has 0 saturated carbocycles. The number of aliphatic carboxylic acids is 1. The molecule has 8 heteroatoms. The van der Waals surface area contributed by atoms with Crippen molar-refractivity contribution in [2.24, 2.45) is 0 Å². The lowest BCUT2D eigenvalue weighted by Gasteiger charge is -2.20. The van der Waals surface area contributed by atoms with E-state index in [4.69, 9.17) is 9.52 Å². The summed E-state index contributed by atoms with van der Waals surface area (Å²) in [6, 6.07) is 5.96. The molecule has 1 N–H and O–H groups in total. The number of benzene rings is 1. The van der Waals surface area contributed by atoms with Crippen molar-refractivity contribution < 1.29 is 19.1 Å². The van der Waals surface area contributed by atoms with E-state index in [1.807, 2.05) is 0 Å². The van der Waals surface area contributed by atoms with Gasteiger partial charge in [0.2, 0.25) is 5.91 Å². The topological polar surface area (TPSA) is 92.8 Å². The summed E-state index contributed by atoms with van der Waals surface area (Å²) in [6.45, 7) is -0.222. The first-order chi connectivity index (χ1) is 10.1. The van der Waals surface area contributed by atoms with E-state index in [2.05, 4.69) is 0 Å². The van der Waals surface area contributed by atoms with Crippen LogP contribution >= 0.6 is 11.8 Å². The van der Waals surface area contributed by atoms with Crippen molar-refractivity contribution in [3.8, 4) is 0 Å². The molecule has 1 aliphatic heterocycles. The van der Waals surface area contributed by atoms with Crippen LogP contribution in [0.3, 0.4) is 0 Å². The maximum atomic E-state index is 12.3. The summed E-state index contributed by atoms with van der Waals surface area (Å²) in [5.41, 5.74) is 0.926. The molecule has 1 fully saturated rings. The van der Waals surface area contributed by atoms with Crippen LogP contribution in [-0.2, 0) is 16.1 Å². The van der Waals surface area contributed by atoms with Gasteiger partial charge in [0.15, 0.2) is 5.58 Å². The Kier molecular flexibility index (Phi) is 3.46. The molecule has 1 unspecified atom stereocenters. The largest absolute Gasteiger partial charge is 0.480 e. The predicted molar refractivity (Wildman–Crippen MR) is 76.1 cm³/mol. The molecule has 1 aromatic heterocycles. The van der Waals surface area contributed by atoms with Crippen molar-refractivity contribution in [2.75, 3.05) is 11.6 Å². The first-order valence-electron chi connectivity index (χ1n) is 6.26. The molecular formula is C13H12N2O5S. The molecule has 7 nitrogen and oxygen atoms in total. The van der Waals surface area contributed by atoms with Crippen LogP contribution in [0.5, 0.6) is 0 Å². The van der Waals surface area contributed by atoms with Crippen LogP contribution in [0.2, 0.25) is 0 Å². The average molecular weight is 308 g/mol. The number of carboxylic acid groups (broad SMARTS) is 1. The predicted octanol–water partition coefficient (Wildman–Crippen LogP) is 0.581. The third-order valence-corrected chi connectivity index (χ3v) is 4.37. The first-order valence-corrected chi connectivity index (χ1v) is 7.42. The van der Waals surface area contributed by atoms with Crippen LogP contribution < -0.4 is 5.76 Å². The number of carboxylic acids is 1. The number of aromatic nitrogens is 1. The molecule has 0 spiro atoms. The molecule has 2 heterocycles. The van der Waals surface area contributed by atoms with Crippen LogP contribution in [0.1, 0.15) is 0 Å². The number of para-hydroxylation sites is 2. The third kappa shape index (κ3) is 2.42. The number of thioether (sulfide) groups is 1. The number of rotatable bonds is 3. The second-order valence-corrected chi connectivity index (χ2v) is 5.64. The van der Waals surface area contributed by atoms with Gasteiger partial charge in [-0.1, -0.05) is 12.1 Å². The molecule has 0 bridgehead atoms. The lowest BCUT2D eigenvalue weighted by molar-refractivity contribution is -0.148. The molecule has 3 rings (SSSR count). The molecule has 1 amide bonds. The van der Waals surface area contributed by atoms with Gasteiger partial charge in [-0.3, -0.25) is 9.36 Å². The number of hydrogen-bond acceptors (Lipinski definition) is 5. The zero-order chi connectivity index (χ0) is 15.0. The maximum absolute atomic E-state index is 12.3. The molecule has 21 heavy (non-hydrogen) atoms. The number of nitrogens with zero attached hydrogens (tertiary/aromatic N) is 2. The SMILES string of the molecule is O=C(O)C1CSCN1C(=O)Cn1c(=O)oc2ccccc21. The van der Waals surface area contributed by atoms with E-state index in [1.165, 1.54) is 21.2 Å². The third-order valence-electron chi connectivity index (χ3n) is 3.35. The van der Waals surface area contributed by atoms with Crippen LogP contribution in [0.4, 0.5) is 0 Å². The van der Waals surface area contributed by atoms with Crippen molar-refractivity contribution in [3.63, 3.8) is 0 Å². The molecule has 0 aliphatic carbocycles. The summed E-state index contributed by atoms with van der Waals surface area (Å²) in [7, 11) is 0. The highest BCUT2D eigenvalue weighted by atomic mass is 32.2. The van der Waals surface area contributed by atoms with Gasteiger partial charge in [-0.05, 0) is 12.1 Å². The van der Waals surface area contributed by atoms with Gasteiger partial charge in [0.25, 0.3) is 0 Å². The van der Waals surface area contributed by atoms with E-state index in [-0.39, 0.29) is 6.54 Å². The standard InChI is InChI=1S/C13H12N2O5S/c16-11(15-7-21-6-9(15)12(17)18)5-14-8-3-1-2-4-10(8)20-13(14)19/h1-4,9H,5-7H2,(H,17,18). The molecule has 1 aliphatic rings. The fourth-order valence-corrected chi connectivity index (χ4v) is 3.45. The normalized spacial score (nSPS) is 18.3. The Balaban J connectivity index is 1.88. The van der Waals surface area contributed by atoms with Crippen molar-refractivity contribution in [1.29, 1.82) is 0 Å². The Morgan fingerprint density at radius 2 is 2.14 bits per heavy atom. The van der Waals surface area contributed by atoms with E-state index in [9.17, 15) is 14.4 Å². The number of carbonyl (C=O) groups is 2. The van der Waals surface area contributed by atoms with Crippen LogP contribution in [0.15, 0.2) is 33.5 Å². The summed E-state index contributed by atoms with van der Waals surface area (Å²) in [5.74, 6) is -1.37. The van der Waals surface area contributed by atoms with Gasteiger partial charge in [0, 0.05) is 5.75 Å². The zero-order valence-electron chi connectivity index (χ0n) is 10.9. The van der Waals surface area contributed by atoms with Crippen molar-refractivity contribution in [1.82, 2.24) is 9.47 Å². The number of hydrogen-bond donors (Lipinski definition) is 1. The second kappa shape index (κ2) is 5.28. The highest BCUT2D eigenvalue weighted by Crippen LogP contribution is 2.22. The molecule has 2 aromatic rings. The molecule has 0 radical (unpaired) electrons. The lowest BCUT2D eigenvalue weighted by atomic mass is 10.3. The van der Waals surface area contributed by atoms with Crippen molar-refractivity contribution in [2.45, 2.75) is 12.6 Å².